The van der Waals surface area contributed by atoms with Gasteiger partial charge < -0.3 is 0 Å². The fraction of sp³-hybridized carbons (Fsp3) is 0.154. The Labute approximate surface area is 99.1 Å². The average molecular weight is 228 g/mol. The van der Waals surface area contributed by atoms with Crippen molar-refractivity contribution in [1.82, 2.24) is 0 Å². The topological polar surface area (TPSA) is 55.5 Å². The lowest BCUT2D eigenvalue weighted by Crippen LogP contribution is -1.89. The molecule has 0 spiro atoms. The molecule has 0 radical (unpaired) electrons. The van der Waals surface area contributed by atoms with Gasteiger partial charge in [0, 0.05) is 12.3 Å². The van der Waals surface area contributed by atoms with Crippen LogP contribution in [0.5, 0.6) is 0 Å². The predicted octanol–water partition coefficient (Wildman–Crippen LogP) is 3.57. The fourth-order valence-corrected chi connectivity index (χ4v) is 1.60. The third kappa shape index (κ3) is 2.87. The van der Waals surface area contributed by atoms with Gasteiger partial charge in [-0.25, -0.2) is 4.99 Å². The number of allylic oxidation sites excluding steroid dienone is 4. The number of nitro groups is 1. The minimum absolute atomic E-state index is 0.0316. The minimum Gasteiger partial charge on any atom is -0.258 e. The van der Waals surface area contributed by atoms with E-state index in [-0.39, 0.29) is 5.69 Å². The molecule has 1 aromatic rings. The molecule has 0 aromatic heterocycles. The van der Waals surface area contributed by atoms with Crippen molar-refractivity contribution in [2.24, 2.45) is 4.99 Å². The summed E-state index contributed by atoms with van der Waals surface area (Å²) in [6.07, 6.45) is 9.82. The van der Waals surface area contributed by atoms with E-state index in [0.29, 0.717) is 5.69 Å². The van der Waals surface area contributed by atoms with E-state index in [1.54, 1.807) is 24.4 Å². The van der Waals surface area contributed by atoms with Crippen LogP contribution in [-0.4, -0.2) is 11.1 Å². The summed E-state index contributed by atoms with van der Waals surface area (Å²) < 4.78 is 0. The van der Waals surface area contributed by atoms with Crippen molar-refractivity contribution in [2.45, 2.75) is 12.8 Å². The van der Waals surface area contributed by atoms with E-state index in [2.05, 4.69) is 17.1 Å². The molecule has 1 aromatic carbocycles. The molecule has 0 unspecified atom stereocenters. The van der Waals surface area contributed by atoms with Gasteiger partial charge in [-0.15, -0.1) is 0 Å². The number of nitrogens with zero attached hydrogens (tertiary/aromatic N) is 2. The summed E-state index contributed by atoms with van der Waals surface area (Å²) in [5, 5.41) is 10.8. The number of hydrogen-bond donors (Lipinski definition) is 0. The van der Waals surface area contributed by atoms with E-state index in [0.717, 1.165) is 18.4 Å². The molecule has 0 N–H and O–H groups in total. The van der Waals surface area contributed by atoms with Crippen LogP contribution in [0.3, 0.4) is 0 Å². The Morgan fingerprint density at radius 3 is 2.82 bits per heavy atom. The smallest absolute Gasteiger partial charge is 0.258 e. The first-order chi connectivity index (χ1) is 8.27. The molecule has 0 saturated heterocycles. The Hall–Kier alpha value is -2.23. The zero-order chi connectivity index (χ0) is 12.1. The van der Waals surface area contributed by atoms with E-state index in [9.17, 15) is 10.1 Å². The highest BCUT2D eigenvalue weighted by Gasteiger charge is 2.10. The van der Waals surface area contributed by atoms with Crippen LogP contribution < -0.4 is 0 Å². The Morgan fingerprint density at radius 2 is 2.12 bits per heavy atom. The molecule has 17 heavy (non-hydrogen) atoms. The van der Waals surface area contributed by atoms with Gasteiger partial charge >= 0.3 is 0 Å². The van der Waals surface area contributed by atoms with E-state index >= 15 is 0 Å². The number of rotatable bonds is 3. The number of aliphatic imine (C=N–C) groups is 1. The Balaban J connectivity index is 2.24. The van der Waals surface area contributed by atoms with Gasteiger partial charge in [-0.05, 0) is 24.5 Å². The van der Waals surface area contributed by atoms with Crippen molar-refractivity contribution in [3.8, 4) is 0 Å². The minimum atomic E-state index is -0.419. The van der Waals surface area contributed by atoms with Gasteiger partial charge in [0.25, 0.3) is 5.69 Å². The summed E-state index contributed by atoms with van der Waals surface area (Å²) in [5.74, 6) is 0. The maximum atomic E-state index is 10.8. The Bertz CT molecular complexity index is 516. The summed E-state index contributed by atoms with van der Waals surface area (Å²) >= 11 is 0. The Morgan fingerprint density at radius 1 is 1.29 bits per heavy atom. The van der Waals surface area contributed by atoms with Crippen LogP contribution in [0.25, 0.3) is 0 Å². The quantitative estimate of drug-likeness (QED) is 0.451. The normalized spacial score (nSPS) is 14.9. The molecule has 86 valence electrons. The first-order valence-corrected chi connectivity index (χ1v) is 5.41. The second-order valence-corrected chi connectivity index (χ2v) is 3.69. The standard InChI is InChI=1S/C13H12N2O2/c16-15(17)13-9-5-4-8-12(13)14-10-11-6-2-1-3-7-11/h2,4-10H,1,3H2. The Kier molecular flexibility index (Phi) is 3.45. The molecule has 0 aliphatic heterocycles. The number of benzene rings is 1. The first-order valence-electron chi connectivity index (χ1n) is 5.41. The third-order valence-corrected chi connectivity index (χ3v) is 2.45. The molecule has 4 heteroatoms. The van der Waals surface area contributed by atoms with Gasteiger partial charge in [-0.3, -0.25) is 10.1 Å². The first kappa shape index (κ1) is 11.3. The molecular formula is C13H12N2O2. The van der Waals surface area contributed by atoms with Crippen molar-refractivity contribution in [3.05, 3.63) is 58.2 Å². The van der Waals surface area contributed by atoms with Gasteiger partial charge in [0.1, 0.15) is 5.69 Å². The third-order valence-electron chi connectivity index (χ3n) is 2.45. The van der Waals surface area contributed by atoms with Gasteiger partial charge in [-0.2, -0.15) is 0 Å². The highest BCUT2D eigenvalue weighted by Crippen LogP contribution is 2.26. The SMILES string of the molecule is O=[N+]([O-])c1ccccc1N=CC1=CCCC=C1. The number of para-hydroxylation sites is 2. The summed E-state index contributed by atoms with van der Waals surface area (Å²) in [7, 11) is 0. The molecule has 0 atom stereocenters. The van der Waals surface area contributed by atoms with Crippen molar-refractivity contribution in [1.29, 1.82) is 0 Å². The second-order valence-electron chi connectivity index (χ2n) is 3.69. The van der Waals surface area contributed by atoms with Crippen molar-refractivity contribution < 1.29 is 4.92 Å². The lowest BCUT2D eigenvalue weighted by Gasteiger charge is -2.00. The zero-order valence-corrected chi connectivity index (χ0v) is 9.24. The maximum absolute atomic E-state index is 10.8. The summed E-state index contributed by atoms with van der Waals surface area (Å²) in [6.45, 7) is 0. The van der Waals surface area contributed by atoms with E-state index in [1.165, 1.54) is 6.07 Å². The van der Waals surface area contributed by atoms with Crippen molar-refractivity contribution in [3.63, 3.8) is 0 Å². The van der Waals surface area contributed by atoms with E-state index < -0.39 is 4.92 Å². The van der Waals surface area contributed by atoms with Crippen LogP contribution in [0.2, 0.25) is 0 Å². The van der Waals surface area contributed by atoms with Crippen LogP contribution in [0.4, 0.5) is 11.4 Å². The van der Waals surface area contributed by atoms with Gasteiger partial charge in [0.15, 0.2) is 0 Å². The van der Waals surface area contributed by atoms with Crippen molar-refractivity contribution >= 4 is 17.6 Å². The van der Waals surface area contributed by atoms with Crippen molar-refractivity contribution in [2.75, 3.05) is 0 Å². The molecule has 0 amide bonds. The maximum Gasteiger partial charge on any atom is 0.294 e. The average Bonchev–Trinajstić information content (AvgIpc) is 2.38. The summed E-state index contributed by atoms with van der Waals surface area (Å²) in [5.41, 5.74) is 1.41. The molecule has 1 aliphatic rings. The number of nitro benzene ring substituents is 1. The van der Waals surface area contributed by atoms with Gasteiger partial charge in [-0.1, -0.05) is 30.4 Å². The molecule has 0 saturated carbocycles. The number of hydrogen-bond acceptors (Lipinski definition) is 3. The highest BCUT2D eigenvalue weighted by molar-refractivity contribution is 5.85. The molecule has 4 nitrogen and oxygen atoms in total. The molecule has 0 heterocycles. The molecular weight excluding hydrogens is 216 g/mol. The van der Waals surface area contributed by atoms with Crippen LogP contribution in [0.15, 0.2) is 53.1 Å². The lowest BCUT2D eigenvalue weighted by atomic mass is 10.1. The van der Waals surface area contributed by atoms with E-state index in [1.807, 2.05) is 6.08 Å². The largest absolute Gasteiger partial charge is 0.294 e. The second kappa shape index (κ2) is 5.21. The summed E-state index contributed by atoms with van der Waals surface area (Å²) in [4.78, 5) is 14.5. The summed E-state index contributed by atoms with van der Waals surface area (Å²) in [6, 6.07) is 6.47. The van der Waals surface area contributed by atoms with Gasteiger partial charge in [0.2, 0.25) is 0 Å². The lowest BCUT2D eigenvalue weighted by molar-refractivity contribution is -0.384. The monoisotopic (exact) mass is 228 g/mol. The molecule has 1 aliphatic carbocycles. The van der Waals surface area contributed by atoms with E-state index in [4.69, 9.17) is 0 Å². The molecule has 0 bridgehead atoms. The fourth-order valence-electron chi connectivity index (χ4n) is 1.60. The zero-order valence-electron chi connectivity index (χ0n) is 9.24. The molecule has 2 rings (SSSR count). The van der Waals surface area contributed by atoms with Crippen LogP contribution in [-0.2, 0) is 0 Å². The van der Waals surface area contributed by atoms with Crippen LogP contribution >= 0.6 is 0 Å². The van der Waals surface area contributed by atoms with Crippen LogP contribution in [0.1, 0.15) is 12.8 Å². The van der Waals surface area contributed by atoms with Gasteiger partial charge in [0.05, 0.1) is 4.92 Å². The predicted molar refractivity (Wildman–Crippen MR) is 67.7 cm³/mol. The van der Waals surface area contributed by atoms with Crippen LogP contribution in [0, 0.1) is 10.1 Å². The highest BCUT2D eigenvalue weighted by atomic mass is 16.6. The molecule has 0 fully saturated rings.